The average Bonchev–Trinajstić information content (AvgIpc) is 3.42. The van der Waals surface area contributed by atoms with Gasteiger partial charge in [0.1, 0.15) is 5.75 Å². The van der Waals surface area contributed by atoms with E-state index < -0.39 is 0 Å². The normalized spacial score (nSPS) is 21.1. The van der Waals surface area contributed by atoms with Gasteiger partial charge in [-0.25, -0.2) is 0 Å². The maximum Gasteiger partial charge on any atom is 0.128 e. The summed E-state index contributed by atoms with van der Waals surface area (Å²) >= 11 is 0. The molecule has 0 saturated heterocycles. The van der Waals surface area contributed by atoms with Gasteiger partial charge >= 0.3 is 0 Å². The van der Waals surface area contributed by atoms with Crippen LogP contribution in [0.5, 0.6) is 5.75 Å². The standard InChI is InChI=1S/C25H25NO/c1-27-24-12-11-18(16-7-3-2-4-8-16)25-22(24)14-23-20-10-6-5-9-19(20)21-13-17(21)15-26(23)25/h5-6,9-14,16-17H,2-4,7-8,15H2,1H3. The molecule has 2 heterocycles. The molecule has 1 aliphatic heterocycles. The van der Waals surface area contributed by atoms with Crippen LogP contribution >= 0.6 is 0 Å². The van der Waals surface area contributed by atoms with E-state index in [1.165, 1.54) is 65.4 Å². The van der Waals surface area contributed by atoms with Crippen molar-refractivity contribution in [1.29, 1.82) is 0 Å². The number of benzene rings is 2. The van der Waals surface area contributed by atoms with Crippen LogP contribution in [0.25, 0.3) is 27.7 Å². The molecular weight excluding hydrogens is 330 g/mol. The molecule has 1 atom stereocenters. The summed E-state index contributed by atoms with van der Waals surface area (Å²) in [6.45, 7) is 1.07. The molecule has 2 nitrogen and oxygen atoms in total. The quantitative estimate of drug-likeness (QED) is 0.519. The van der Waals surface area contributed by atoms with Crippen LogP contribution in [-0.2, 0) is 6.54 Å². The van der Waals surface area contributed by atoms with Crippen molar-refractivity contribution < 1.29 is 4.74 Å². The molecule has 0 amide bonds. The highest BCUT2D eigenvalue weighted by atomic mass is 16.5. The number of hydrogen-bond donors (Lipinski definition) is 0. The zero-order valence-corrected chi connectivity index (χ0v) is 15.9. The van der Waals surface area contributed by atoms with Gasteiger partial charge in [0.2, 0.25) is 0 Å². The topological polar surface area (TPSA) is 14.2 Å². The summed E-state index contributed by atoms with van der Waals surface area (Å²) in [6, 6.07) is 15.8. The molecule has 3 aliphatic rings. The number of methoxy groups -OCH3 is 1. The van der Waals surface area contributed by atoms with Crippen LogP contribution < -0.4 is 4.74 Å². The molecule has 0 N–H and O–H groups in total. The number of allylic oxidation sites excluding steroid dienone is 2. The molecule has 0 radical (unpaired) electrons. The molecule has 6 rings (SSSR count). The molecule has 1 unspecified atom stereocenters. The van der Waals surface area contributed by atoms with E-state index in [1.807, 2.05) is 0 Å². The van der Waals surface area contributed by atoms with Crippen LogP contribution in [0.1, 0.15) is 49.1 Å². The minimum absolute atomic E-state index is 0.591. The van der Waals surface area contributed by atoms with E-state index in [9.17, 15) is 0 Å². The number of aromatic nitrogens is 1. The summed E-state index contributed by atoms with van der Waals surface area (Å²) < 4.78 is 8.38. The Hall–Kier alpha value is -2.48. The Balaban J connectivity index is 1.64. The zero-order chi connectivity index (χ0) is 18.0. The number of fused-ring (bicyclic) bond motifs is 7. The SMILES string of the molecule is COc1ccc(C2CCCCC2)c2c1cc1n2CC2C=C2c2ccccc2-1. The second kappa shape index (κ2) is 5.76. The second-order valence-corrected chi connectivity index (χ2v) is 8.37. The third-order valence-electron chi connectivity index (χ3n) is 6.88. The van der Waals surface area contributed by atoms with Crippen molar-refractivity contribution in [3.05, 3.63) is 59.7 Å². The summed E-state index contributed by atoms with van der Waals surface area (Å²) in [4.78, 5) is 0. The van der Waals surface area contributed by atoms with Crippen molar-refractivity contribution in [2.24, 2.45) is 5.92 Å². The number of hydrogen-bond acceptors (Lipinski definition) is 1. The highest BCUT2D eigenvalue weighted by Gasteiger charge is 2.34. The number of ether oxygens (including phenoxy) is 1. The summed E-state index contributed by atoms with van der Waals surface area (Å²) in [5.41, 5.74) is 8.64. The predicted octanol–water partition coefficient (Wildman–Crippen LogP) is 6.39. The van der Waals surface area contributed by atoms with Crippen LogP contribution in [0.2, 0.25) is 0 Å². The van der Waals surface area contributed by atoms with Gasteiger partial charge in [-0.3, -0.25) is 0 Å². The Morgan fingerprint density at radius 2 is 1.78 bits per heavy atom. The lowest BCUT2D eigenvalue weighted by Gasteiger charge is -2.24. The molecule has 2 aromatic carbocycles. The average molecular weight is 355 g/mol. The molecule has 27 heavy (non-hydrogen) atoms. The molecule has 1 saturated carbocycles. The lowest BCUT2D eigenvalue weighted by atomic mass is 9.83. The number of nitrogens with zero attached hydrogens (tertiary/aromatic N) is 1. The third kappa shape index (κ3) is 2.25. The Morgan fingerprint density at radius 3 is 2.59 bits per heavy atom. The second-order valence-electron chi connectivity index (χ2n) is 8.37. The van der Waals surface area contributed by atoms with Gasteiger partial charge in [-0.05, 0) is 47.6 Å². The number of rotatable bonds is 2. The minimum Gasteiger partial charge on any atom is -0.496 e. The summed E-state index contributed by atoms with van der Waals surface area (Å²) in [7, 11) is 1.80. The van der Waals surface area contributed by atoms with E-state index in [-0.39, 0.29) is 0 Å². The van der Waals surface area contributed by atoms with E-state index in [1.54, 1.807) is 12.7 Å². The zero-order valence-electron chi connectivity index (χ0n) is 15.9. The van der Waals surface area contributed by atoms with Gasteiger partial charge < -0.3 is 9.30 Å². The van der Waals surface area contributed by atoms with E-state index in [0.29, 0.717) is 11.8 Å². The van der Waals surface area contributed by atoms with Crippen molar-refractivity contribution in [2.45, 2.75) is 44.6 Å². The minimum atomic E-state index is 0.591. The molecule has 136 valence electrons. The first kappa shape index (κ1) is 15.6. The third-order valence-corrected chi connectivity index (χ3v) is 6.88. The van der Waals surface area contributed by atoms with Crippen LogP contribution in [0.3, 0.4) is 0 Å². The van der Waals surface area contributed by atoms with E-state index in [4.69, 9.17) is 4.74 Å². The first-order valence-electron chi connectivity index (χ1n) is 10.4. The Labute approximate surface area is 160 Å². The van der Waals surface area contributed by atoms with E-state index >= 15 is 0 Å². The van der Waals surface area contributed by atoms with Gasteiger partial charge in [0, 0.05) is 29.1 Å². The van der Waals surface area contributed by atoms with E-state index in [2.05, 4.69) is 53.1 Å². The van der Waals surface area contributed by atoms with E-state index in [0.717, 1.165) is 12.3 Å². The van der Waals surface area contributed by atoms with Gasteiger partial charge in [-0.2, -0.15) is 0 Å². The molecule has 2 heteroatoms. The van der Waals surface area contributed by atoms with Crippen molar-refractivity contribution >= 4 is 16.5 Å². The maximum absolute atomic E-state index is 5.78. The molecule has 1 aromatic heterocycles. The molecule has 1 fully saturated rings. The Bertz CT molecular complexity index is 1080. The molecule has 2 aliphatic carbocycles. The largest absolute Gasteiger partial charge is 0.496 e. The molecule has 0 bridgehead atoms. The monoisotopic (exact) mass is 355 g/mol. The smallest absolute Gasteiger partial charge is 0.128 e. The fourth-order valence-corrected chi connectivity index (χ4v) is 5.48. The highest BCUT2D eigenvalue weighted by Crippen LogP contribution is 2.50. The molecular formula is C25H25NO. The summed E-state index contributed by atoms with van der Waals surface area (Å²) in [5, 5.41) is 1.29. The van der Waals surface area contributed by atoms with Crippen LogP contribution in [-0.4, -0.2) is 11.7 Å². The fourth-order valence-electron chi connectivity index (χ4n) is 5.48. The van der Waals surface area contributed by atoms with Crippen molar-refractivity contribution in [1.82, 2.24) is 4.57 Å². The lowest BCUT2D eigenvalue weighted by molar-refractivity contribution is 0.418. The predicted molar refractivity (Wildman–Crippen MR) is 111 cm³/mol. The van der Waals surface area contributed by atoms with Gasteiger partial charge in [-0.1, -0.05) is 55.7 Å². The van der Waals surface area contributed by atoms with Crippen LogP contribution in [0.15, 0.2) is 48.5 Å². The van der Waals surface area contributed by atoms with Crippen LogP contribution in [0, 0.1) is 5.92 Å². The molecule has 0 spiro atoms. The molecule has 3 aromatic rings. The summed E-state index contributed by atoms with van der Waals surface area (Å²) in [6.07, 6.45) is 9.21. The first-order valence-corrected chi connectivity index (χ1v) is 10.4. The summed E-state index contributed by atoms with van der Waals surface area (Å²) in [5.74, 6) is 2.29. The highest BCUT2D eigenvalue weighted by molar-refractivity contribution is 5.98. The van der Waals surface area contributed by atoms with Crippen molar-refractivity contribution in [2.75, 3.05) is 7.11 Å². The first-order chi connectivity index (χ1) is 13.3. The van der Waals surface area contributed by atoms with Crippen molar-refractivity contribution in [3.63, 3.8) is 0 Å². The Kier molecular flexibility index (Phi) is 3.32. The fraction of sp³-hybridized carbons (Fsp3) is 0.360. The van der Waals surface area contributed by atoms with Crippen molar-refractivity contribution in [3.8, 4) is 17.0 Å². The van der Waals surface area contributed by atoms with Crippen LogP contribution in [0.4, 0.5) is 0 Å². The maximum atomic E-state index is 5.78. The van der Waals surface area contributed by atoms with Gasteiger partial charge in [-0.15, -0.1) is 0 Å². The lowest BCUT2D eigenvalue weighted by Crippen LogP contribution is -2.09. The van der Waals surface area contributed by atoms with Gasteiger partial charge in [0.05, 0.1) is 12.6 Å². The van der Waals surface area contributed by atoms with Gasteiger partial charge in [0.15, 0.2) is 0 Å². The van der Waals surface area contributed by atoms with Gasteiger partial charge in [0.25, 0.3) is 0 Å². The Morgan fingerprint density at radius 1 is 0.963 bits per heavy atom.